The molecule has 142 valence electrons. The SMILES string of the molecule is Cc1c(C(=O)Nc2ccc(Cl)cc2-n2cccc2)cc([N+](=O)[O-])cc1[N+](=O)[O-]. The van der Waals surface area contributed by atoms with Gasteiger partial charge < -0.3 is 9.88 Å². The third-order valence-electron chi connectivity index (χ3n) is 4.11. The van der Waals surface area contributed by atoms with E-state index in [1.165, 1.54) is 6.92 Å². The molecule has 10 heteroatoms. The Morgan fingerprint density at radius 3 is 2.36 bits per heavy atom. The van der Waals surface area contributed by atoms with Crippen LogP contribution in [0.25, 0.3) is 5.69 Å². The molecule has 0 bridgehead atoms. The summed E-state index contributed by atoms with van der Waals surface area (Å²) in [5.41, 5.74) is -0.202. The number of carbonyl (C=O) groups is 1. The predicted molar refractivity (Wildman–Crippen MR) is 103 cm³/mol. The maximum atomic E-state index is 12.8. The van der Waals surface area contributed by atoms with Crippen molar-refractivity contribution in [1.82, 2.24) is 4.57 Å². The molecule has 0 radical (unpaired) electrons. The van der Waals surface area contributed by atoms with Gasteiger partial charge in [0.2, 0.25) is 0 Å². The molecule has 3 rings (SSSR count). The minimum Gasteiger partial charge on any atom is -0.322 e. The summed E-state index contributed by atoms with van der Waals surface area (Å²) < 4.78 is 1.73. The Labute approximate surface area is 163 Å². The van der Waals surface area contributed by atoms with Crippen molar-refractivity contribution in [1.29, 1.82) is 0 Å². The number of hydrogen-bond donors (Lipinski definition) is 1. The molecule has 0 unspecified atom stereocenters. The van der Waals surface area contributed by atoms with Gasteiger partial charge in [-0.2, -0.15) is 0 Å². The Balaban J connectivity index is 2.05. The number of aromatic nitrogens is 1. The number of benzene rings is 2. The van der Waals surface area contributed by atoms with Crippen LogP contribution in [0.2, 0.25) is 5.02 Å². The molecular formula is C18H13ClN4O5. The zero-order valence-corrected chi connectivity index (χ0v) is 15.2. The van der Waals surface area contributed by atoms with Crippen LogP contribution >= 0.6 is 11.6 Å². The fourth-order valence-electron chi connectivity index (χ4n) is 2.72. The van der Waals surface area contributed by atoms with Crippen molar-refractivity contribution in [3.8, 4) is 5.69 Å². The third-order valence-corrected chi connectivity index (χ3v) is 4.34. The normalized spacial score (nSPS) is 10.5. The van der Waals surface area contributed by atoms with E-state index in [0.29, 0.717) is 16.4 Å². The average molecular weight is 401 g/mol. The van der Waals surface area contributed by atoms with Crippen molar-refractivity contribution in [2.45, 2.75) is 6.92 Å². The molecule has 1 N–H and O–H groups in total. The summed E-state index contributed by atoms with van der Waals surface area (Å²) in [6.07, 6.45) is 3.51. The summed E-state index contributed by atoms with van der Waals surface area (Å²) in [4.78, 5) is 33.6. The topological polar surface area (TPSA) is 120 Å². The molecule has 3 aromatic rings. The molecule has 0 atom stereocenters. The molecule has 0 aliphatic carbocycles. The monoisotopic (exact) mass is 400 g/mol. The highest BCUT2D eigenvalue weighted by Crippen LogP contribution is 2.30. The Kier molecular flexibility index (Phi) is 5.10. The molecule has 0 aliphatic heterocycles. The van der Waals surface area contributed by atoms with Crippen LogP contribution in [0, 0.1) is 27.2 Å². The van der Waals surface area contributed by atoms with Gasteiger partial charge in [-0.1, -0.05) is 11.6 Å². The predicted octanol–water partition coefficient (Wildman–Crippen LogP) is 4.51. The average Bonchev–Trinajstić information content (AvgIpc) is 3.17. The highest BCUT2D eigenvalue weighted by atomic mass is 35.5. The minimum absolute atomic E-state index is 0.0320. The number of amides is 1. The summed E-state index contributed by atoms with van der Waals surface area (Å²) in [6.45, 7) is 1.37. The number of carbonyl (C=O) groups excluding carboxylic acids is 1. The van der Waals surface area contributed by atoms with Crippen LogP contribution in [0.5, 0.6) is 0 Å². The molecule has 0 aliphatic rings. The van der Waals surface area contributed by atoms with Crippen molar-refractivity contribution >= 4 is 34.6 Å². The number of nitro groups is 2. The number of non-ortho nitro benzene ring substituents is 1. The quantitative estimate of drug-likeness (QED) is 0.499. The second-order valence-corrected chi connectivity index (χ2v) is 6.29. The van der Waals surface area contributed by atoms with E-state index in [1.54, 1.807) is 47.3 Å². The summed E-state index contributed by atoms with van der Waals surface area (Å²) in [7, 11) is 0. The van der Waals surface area contributed by atoms with E-state index < -0.39 is 27.1 Å². The van der Waals surface area contributed by atoms with Crippen molar-refractivity contribution in [3.05, 3.63) is 91.2 Å². The minimum atomic E-state index is -0.781. The van der Waals surface area contributed by atoms with Gasteiger partial charge in [0.25, 0.3) is 17.3 Å². The smallest absolute Gasteiger partial charge is 0.279 e. The first kappa shape index (κ1) is 19.1. The van der Waals surface area contributed by atoms with Crippen LogP contribution in [0.1, 0.15) is 15.9 Å². The molecule has 1 amide bonds. The molecule has 0 saturated heterocycles. The second kappa shape index (κ2) is 7.49. The van der Waals surface area contributed by atoms with Crippen LogP contribution in [0.3, 0.4) is 0 Å². The first-order valence-corrected chi connectivity index (χ1v) is 8.33. The summed E-state index contributed by atoms with van der Waals surface area (Å²) in [5.74, 6) is -0.708. The Morgan fingerprint density at radius 1 is 1.07 bits per heavy atom. The largest absolute Gasteiger partial charge is 0.322 e. The molecule has 1 aromatic heterocycles. The maximum absolute atomic E-state index is 12.8. The zero-order chi connectivity index (χ0) is 20.4. The van der Waals surface area contributed by atoms with E-state index in [9.17, 15) is 25.0 Å². The van der Waals surface area contributed by atoms with E-state index in [1.807, 2.05) is 0 Å². The van der Waals surface area contributed by atoms with Crippen molar-refractivity contribution in [2.75, 3.05) is 5.32 Å². The van der Waals surface area contributed by atoms with E-state index in [0.717, 1.165) is 12.1 Å². The van der Waals surface area contributed by atoms with Crippen molar-refractivity contribution in [2.24, 2.45) is 0 Å². The molecule has 0 saturated carbocycles. The number of hydrogen-bond acceptors (Lipinski definition) is 5. The Bertz CT molecular complexity index is 1100. The number of nitrogens with zero attached hydrogens (tertiary/aromatic N) is 3. The van der Waals surface area contributed by atoms with Crippen LogP contribution in [-0.2, 0) is 0 Å². The van der Waals surface area contributed by atoms with Gasteiger partial charge in [0, 0.05) is 29.0 Å². The van der Waals surface area contributed by atoms with Gasteiger partial charge in [-0.05, 0) is 37.3 Å². The molecule has 9 nitrogen and oxygen atoms in total. The first-order valence-electron chi connectivity index (χ1n) is 7.95. The van der Waals surface area contributed by atoms with Gasteiger partial charge >= 0.3 is 0 Å². The number of nitrogens with one attached hydrogen (secondary N) is 1. The van der Waals surface area contributed by atoms with Crippen LogP contribution in [0.15, 0.2) is 54.9 Å². The van der Waals surface area contributed by atoms with Gasteiger partial charge in [0.05, 0.1) is 32.9 Å². The van der Waals surface area contributed by atoms with Crippen LogP contribution < -0.4 is 5.32 Å². The standard InChI is InChI=1S/C18H13ClN4O5/c1-11-14(9-13(22(25)26)10-16(11)23(27)28)18(24)20-15-5-4-12(19)8-17(15)21-6-2-3-7-21/h2-10H,1H3,(H,20,24). The highest BCUT2D eigenvalue weighted by Gasteiger charge is 2.25. The van der Waals surface area contributed by atoms with E-state index in [2.05, 4.69) is 5.32 Å². The lowest BCUT2D eigenvalue weighted by atomic mass is 10.0. The molecule has 0 fully saturated rings. The number of nitro benzene ring substituents is 2. The fraction of sp³-hybridized carbons (Fsp3) is 0.0556. The van der Waals surface area contributed by atoms with Crippen molar-refractivity contribution < 1.29 is 14.6 Å². The van der Waals surface area contributed by atoms with Gasteiger partial charge in [0.1, 0.15) is 0 Å². The van der Waals surface area contributed by atoms with Crippen molar-refractivity contribution in [3.63, 3.8) is 0 Å². The van der Waals surface area contributed by atoms with Gasteiger partial charge in [-0.15, -0.1) is 0 Å². The van der Waals surface area contributed by atoms with E-state index >= 15 is 0 Å². The summed E-state index contributed by atoms with van der Waals surface area (Å²) >= 11 is 6.05. The zero-order valence-electron chi connectivity index (χ0n) is 14.5. The molecular weight excluding hydrogens is 388 g/mol. The molecule has 1 heterocycles. The lowest BCUT2D eigenvalue weighted by Crippen LogP contribution is -2.16. The first-order chi connectivity index (χ1) is 13.3. The number of rotatable bonds is 5. The van der Waals surface area contributed by atoms with E-state index in [4.69, 9.17) is 11.6 Å². The second-order valence-electron chi connectivity index (χ2n) is 5.86. The van der Waals surface area contributed by atoms with Gasteiger partial charge in [-0.25, -0.2) is 0 Å². The number of halogens is 1. The molecule has 0 spiro atoms. The lowest BCUT2D eigenvalue weighted by Gasteiger charge is -2.13. The lowest BCUT2D eigenvalue weighted by molar-refractivity contribution is -0.394. The molecule has 2 aromatic carbocycles. The third kappa shape index (κ3) is 3.69. The van der Waals surface area contributed by atoms with Crippen LogP contribution in [-0.4, -0.2) is 20.3 Å². The van der Waals surface area contributed by atoms with E-state index in [-0.39, 0.29) is 11.1 Å². The maximum Gasteiger partial charge on any atom is 0.279 e. The highest BCUT2D eigenvalue weighted by molar-refractivity contribution is 6.31. The van der Waals surface area contributed by atoms with Gasteiger partial charge in [0.15, 0.2) is 0 Å². The van der Waals surface area contributed by atoms with Crippen LogP contribution in [0.4, 0.5) is 17.1 Å². The summed E-state index contributed by atoms with van der Waals surface area (Å²) in [6, 6.07) is 10.2. The number of anilines is 1. The van der Waals surface area contributed by atoms with Gasteiger partial charge in [-0.3, -0.25) is 25.0 Å². The fourth-order valence-corrected chi connectivity index (χ4v) is 2.89. The Hall–Kier alpha value is -3.72. The Morgan fingerprint density at radius 2 is 1.75 bits per heavy atom. The summed E-state index contributed by atoms with van der Waals surface area (Å²) in [5, 5.41) is 25.4. The molecule has 28 heavy (non-hydrogen) atoms.